The van der Waals surface area contributed by atoms with Crippen molar-refractivity contribution in [3.05, 3.63) is 68.5 Å². The second kappa shape index (κ2) is 5.44. The van der Waals surface area contributed by atoms with Crippen molar-refractivity contribution < 1.29 is 9.18 Å². The van der Waals surface area contributed by atoms with Crippen molar-refractivity contribution in [1.29, 1.82) is 0 Å². The fourth-order valence-electron chi connectivity index (χ4n) is 2.78. The highest BCUT2D eigenvalue weighted by Crippen LogP contribution is 2.28. The van der Waals surface area contributed by atoms with Crippen LogP contribution in [0.4, 0.5) is 4.39 Å². The van der Waals surface area contributed by atoms with Gasteiger partial charge in [-0.15, -0.1) is 0 Å². The molecule has 0 heterocycles. The van der Waals surface area contributed by atoms with E-state index in [1.165, 1.54) is 11.6 Å². The van der Waals surface area contributed by atoms with Crippen LogP contribution in [0.1, 0.15) is 49.3 Å². The molecule has 0 atom stereocenters. The molecule has 0 saturated carbocycles. The van der Waals surface area contributed by atoms with Crippen molar-refractivity contribution >= 4 is 5.78 Å². The third-order valence-corrected chi connectivity index (χ3v) is 4.60. The molecule has 0 aliphatic carbocycles. The zero-order chi connectivity index (χ0) is 15.9. The normalized spacial score (nSPS) is 10.8. The highest BCUT2D eigenvalue weighted by Gasteiger charge is 2.21. The molecule has 0 radical (unpaired) electrons. The predicted octanol–water partition coefficient (Wildman–Crippen LogP) is 4.91. The van der Waals surface area contributed by atoms with Crippen molar-refractivity contribution in [1.82, 2.24) is 0 Å². The fourth-order valence-corrected chi connectivity index (χ4v) is 2.78. The summed E-state index contributed by atoms with van der Waals surface area (Å²) < 4.78 is 14.1. The van der Waals surface area contributed by atoms with E-state index in [-0.39, 0.29) is 11.3 Å². The van der Waals surface area contributed by atoms with Crippen molar-refractivity contribution in [2.45, 2.75) is 41.5 Å². The number of hydrogen-bond acceptors (Lipinski definition) is 1. The SMILES string of the molecule is Cc1ccc(C(=O)c2c(C)c(C)c(C)c(C)c2C)c(F)c1. The van der Waals surface area contributed by atoms with Crippen LogP contribution in [-0.2, 0) is 0 Å². The van der Waals surface area contributed by atoms with Crippen molar-refractivity contribution in [2.24, 2.45) is 0 Å². The first-order valence-corrected chi connectivity index (χ1v) is 7.13. The molecule has 2 aromatic carbocycles. The molecule has 1 nitrogen and oxygen atoms in total. The minimum Gasteiger partial charge on any atom is -0.288 e. The van der Waals surface area contributed by atoms with Gasteiger partial charge in [0.1, 0.15) is 5.82 Å². The van der Waals surface area contributed by atoms with Gasteiger partial charge in [0.15, 0.2) is 5.78 Å². The van der Waals surface area contributed by atoms with Crippen LogP contribution < -0.4 is 0 Å². The summed E-state index contributed by atoms with van der Waals surface area (Å²) >= 11 is 0. The van der Waals surface area contributed by atoms with Crippen LogP contribution in [0.25, 0.3) is 0 Å². The topological polar surface area (TPSA) is 17.1 Å². The summed E-state index contributed by atoms with van der Waals surface area (Å²) in [5.74, 6) is -0.677. The number of hydrogen-bond donors (Lipinski definition) is 0. The molecule has 2 aromatic rings. The molecular weight excluding hydrogens is 263 g/mol. The molecule has 2 rings (SSSR count). The largest absolute Gasteiger partial charge is 0.288 e. The molecule has 0 fully saturated rings. The van der Waals surface area contributed by atoms with Gasteiger partial charge in [-0.05, 0) is 87.1 Å². The van der Waals surface area contributed by atoms with Crippen LogP contribution >= 0.6 is 0 Å². The first kappa shape index (κ1) is 15.4. The van der Waals surface area contributed by atoms with E-state index < -0.39 is 5.82 Å². The first-order chi connectivity index (χ1) is 9.75. The van der Waals surface area contributed by atoms with Crippen LogP contribution in [0, 0.1) is 47.4 Å². The number of ketones is 1. The minimum atomic E-state index is -0.449. The molecule has 110 valence electrons. The second-order valence-corrected chi connectivity index (χ2v) is 5.81. The summed E-state index contributed by atoms with van der Waals surface area (Å²) in [6.45, 7) is 11.8. The number of halogens is 1. The maximum atomic E-state index is 14.1. The van der Waals surface area contributed by atoms with Gasteiger partial charge in [0.2, 0.25) is 0 Å². The molecule has 2 heteroatoms. The number of carbonyl (C=O) groups is 1. The maximum absolute atomic E-state index is 14.1. The van der Waals surface area contributed by atoms with Crippen LogP contribution in [0.5, 0.6) is 0 Å². The van der Waals surface area contributed by atoms with E-state index in [1.807, 2.05) is 34.6 Å². The van der Waals surface area contributed by atoms with Gasteiger partial charge in [-0.25, -0.2) is 4.39 Å². The average Bonchev–Trinajstić information content (AvgIpc) is 2.43. The van der Waals surface area contributed by atoms with E-state index in [4.69, 9.17) is 0 Å². The van der Waals surface area contributed by atoms with E-state index >= 15 is 0 Å². The van der Waals surface area contributed by atoms with Gasteiger partial charge in [0, 0.05) is 5.56 Å². The quantitative estimate of drug-likeness (QED) is 0.716. The van der Waals surface area contributed by atoms with Crippen molar-refractivity contribution in [2.75, 3.05) is 0 Å². The van der Waals surface area contributed by atoms with Crippen LogP contribution in [0.3, 0.4) is 0 Å². The molecule has 0 aliphatic heterocycles. The van der Waals surface area contributed by atoms with Crippen LogP contribution in [0.2, 0.25) is 0 Å². The van der Waals surface area contributed by atoms with Crippen LogP contribution in [-0.4, -0.2) is 5.78 Å². The third kappa shape index (κ3) is 2.51. The Morgan fingerprint density at radius 1 is 0.810 bits per heavy atom. The Bertz CT molecular complexity index is 713. The summed E-state index contributed by atoms with van der Waals surface area (Å²) in [4.78, 5) is 12.8. The molecule has 0 aliphatic rings. The average molecular weight is 284 g/mol. The van der Waals surface area contributed by atoms with Crippen molar-refractivity contribution in [3.63, 3.8) is 0 Å². The lowest BCUT2D eigenvalue weighted by atomic mass is 9.86. The number of aryl methyl sites for hydroxylation is 1. The number of benzene rings is 2. The molecule has 0 unspecified atom stereocenters. The second-order valence-electron chi connectivity index (χ2n) is 5.81. The molecule has 0 bridgehead atoms. The zero-order valence-electron chi connectivity index (χ0n) is 13.5. The van der Waals surface area contributed by atoms with Gasteiger partial charge in [-0.1, -0.05) is 6.07 Å². The molecular formula is C19H21FO. The fraction of sp³-hybridized carbons (Fsp3) is 0.316. The van der Waals surface area contributed by atoms with E-state index in [9.17, 15) is 9.18 Å². The highest BCUT2D eigenvalue weighted by atomic mass is 19.1. The highest BCUT2D eigenvalue weighted by molar-refractivity contribution is 6.11. The van der Waals surface area contributed by atoms with E-state index in [2.05, 4.69) is 6.92 Å². The van der Waals surface area contributed by atoms with Crippen molar-refractivity contribution in [3.8, 4) is 0 Å². The van der Waals surface area contributed by atoms with Gasteiger partial charge in [-0.3, -0.25) is 4.79 Å². The zero-order valence-corrected chi connectivity index (χ0v) is 13.5. The Balaban J connectivity index is 2.70. The summed E-state index contributed by atoms with van der Waals surface area (Å²) in [6.07, 6.45) is 0. The molecule has 0 N–H and O–H groups in total. The Morgan fingerprint density at radius 2 is 1.29 bits per heavy atom. The Kier molecular flexibility index (Phi) is 3.99. The monoisotopic (exact) mass is 284 g/mol. The molecule has 0 saturated heterocycles. The summed E-state index contributed by atoms with van der Waals surface area (Å²) in [5, 5.41) is 0. The number of carbonyl (C=O) groups excluding carboxylic acids is 1. The Morgan fingerprint density at radius 3 is 1.76 bits per heavy atom. The standard InChI is InChI=1S/C19H21FO/c1-10-7-8-16(17(20)9-10)19(21)18-14(5)12(3)11(2)13(4)15(18)6/h7-9H,1-6H3. The van der Waals surface area contributed by atoms with Gasteiger partial charge >= 0.3 is 0 Å². The van der Waals surface area contributed by atoms with E-state index in [0.29, 0.717) is 5.56 Å². The van der Waals surface area contributed by atoms with Gasteiger partial charge in [-0.2, -0.15) is 0 Å². The smallest absolute Gasteiger partial charge is 0.196 e. The van der Waals surface area contributed by atoms with Gasteiger partial charge in [0.25, 0.3) is 0 Å². The molecule has 0 aromatic heterocycles. The molecule has 0 amide bonds. The summed E-state index contributed by atoms with van der Waals surface area (Å²) in [6, 6.07) is 4.76. The van der Waals surface area contributed by atoms with E-state index in [0.717, 1.165) is 27.8 Å². The lowest BCUT2D eigenvalue weighted by molar-refractivity contribution is 0.103. The van der Waals surface area contributed by atoms with Gasteiger partial charge in [0.05, 0.1) is 5.56 Å². The lowest BCUT2D eigenvalue weighted by Gasteiger charge is -2.18. The summed E-state index contributed by atoms with van der Waals surface area (Å²) in [7, 11) is 0. The van der Waals surface area contributed by atoms with E-state index in [1.54, 1.807) is 12.1 Å². The molecule has 21 heavy (non-hydrogen) atoms. The third-order valence-electron chi connectivity index (χ3n) is 4.60. The van der Waals surface area contributed by atoms with Crippen LogP contribution in [0.15, 0.2) is 18.2 Å². The molecule has 0 spiro atoms. The Hall–Kier alpha value is -1.96. The maximum Gasteiger partial charge on any atom is 0.196 e. The predicted molar refractivity (Wildman–Crippen MR) is 84.7 cm³/mol. The lowest BCUT2D eigenvalue weighted by Crippen LogP contribution is -2.12. The Labute approximate surface area is 125 Å². The van der Waals surface area contributed by atoms with Gasteiger partial charge < -0.3 is 0 Å². The minimum absolute atomic E-state index is 0.148. The first-order valence-electron chi connectivity index (χ1n) is 7.13. The summed E-state index contributed by atoms with van der Waals surface area (Å²) in [5.41, 5.74) is 6.90. The number of rotatable bonds is 2.